The van der Waals surface area contributed by atoms with Crippen LogP contribution in [0.3, 0.4) is 0 Å². The number of ether oxygens (including phenoxy) is 1. The van der Waals surface area contributed by atoms with Crippen molar-refractivity contribution in [3.8, 4) is 0 Å². The molecule has 0 spiro atoms. The topological polar surface area (TPSA) is 24.5 Å². The van der Waals surface area contributed by atoms with Crippen LogP contribution in [0.1, 0.15) is 61.3 Å². The van der Waals surface area contributed by atoms with E-state index < -0.39 is 0 Å². The molecule has 3 heteroatoms. The Bertz CT molecular complexity index is 256. The lowest BCUT2D eigenvalue weighted by Crippen LogP contribution is -2.60. The van der Waals surface area contributed by atoms with Gasteiger partial charge in [0.2, 0.25) is 0 Å². The molecule has 1 heterocycles. The second kappa shape index (κ2) is 6.55. The van der Waals surface area contributed by atoms with Crippen molar-refractivity contribution in [2.24, 2.45) is 0 Å². The first-order chi connectivity index (χ1) is 8.69. The van der Waals surface area contributed by atoms with Gasteiger partial charge in [-0.2, -0.15) is 0 Å². The maximum Gasteiger partial charge on any atom is 0.0760 e. The van der Waals surface area contributed by atoms with E-state index in [1.54, 1.807) is 0 Å². The maximum absolute atomic E-state index is 6.15. The molecule has 1 aliphatic heterocycles. The zero-order valence-corrected chi connectivity index (χ0v) is 14.0. The van der Waals surface area contributed by atoms with Crippen LogP contribution in [0.2, 0.25) is 0 Å². The van der Waals surface area contributed by atoms with Crippen molar-refractivity contribution in [2.45, 2.75) is 84.6 Å². The molecule has 0 aromatic heterocycles. The molecule has 19 heavy (non-hydrogen) atoms. The zero-order chi connectivity index (χ0) is 14.7. The van der Waals surface area contributed by atoms with Crippen LogP contribution < -0.4 is 5.32 Å². The average molecular weight is 270 g/mol. The summed E-state index contributed by atoms with van der Waals surface area (Å²) >= 11 is 0. The SMILES string of the molecule is CCC(CC)NCC(C)N1CC(C)(C)OC(C)(C)C1. The van der Waals surface area contributed by atoms with E-state index in [9.17, 15) is 0 Å². The Morgan fingerprint density at radius 2 is 1.53 bits per heavy atom. The minimum absolute atomic E-state index is 0.0507. The highest BCUT2D eigenvalue weighted by Crippen LogP contribution is 2.29. The van der Waals surface area contributed by atoms with Gasteiger partial charge < -0.3 is 10.1 Å². The second-order valence-corrected chi connectivity index (χ2v) is 7.30. The smallest absolute Gasteiger partial charge is 0.0760 e. The van der Waals surface area contributed by atoms with E-state index in [1.165, 1.54) is 12.8 Å². The van der Waals surface area contributed by atoms with E-state index in [1.807, 2.05) is 0 Å². The molecule has 0 aliphatic carbocycles. The summed E-state index contributed by atoms with van der Waals surface area (Å²) in [6.45, 7) is 18.7. The third-order valence-corrected chi connectivity index (χ3v) is 4.03. The number of rotatable bonds is 6. The van der Waals surface area contributed by atoms with Crippen LogP contribution in [-0.2, 0) is 4.74 Å². The Labute approximate surface area is 120 Å². The monoisotopic (exact) mass is 270 g/mol. The van der Waals surface area contributed by atoms with Gasteiger partial charge in [0.15, 0.2) is 0 Å². The third kappa shape index (κ3) is 5.41. The number of nitrogens with one attached hydrogen (secondary N) is 1. The predicted octanol–water partition coefficient (Wildman–Crippen LogP) is 3.04. The quantitative estimate of drug-likeness (QED) is 0.803. The third-order valence-electron chi connectivity index (χ3n) is 4.03. The first-order valence-electron chi connectivity index (χ1n) is 7.86. The lowest BCUT2D eigenvalue weighted by molar-refractivity contribution is -0.186. The van der Waals surface area contributed by atoms with E-state index in [-0.39, 0.29) is 11.2 Å². The molecule has 0 amide bonds. The molecule has 1 fully saturated rings. The Morgan fingerprint density at radius 1 is 1.05 bits per heavy atom. The summed E-state index contributed by atoms with van der Waals surface area (Å²) in [5.74, 6) is 0. The highest BCUT2D eigenvalue weighted by Gasteiger charge is 2.39. The predicted molar refractivity (Wildman–Crippen MR) is 82.7 cm³/mol. The molecule has 1 aliphatic rings. The molecule has 3 nitrogen and oxygen atoms in total. The number of hydrogen-bond acceptors (Lipinski definition) is 3. The minimum Gasteiger partial charge on any atom is -0.367 e. The van der Waals surface area contributed by atoms with Crippen molar-refractivity contribution < 1.29 is 4.74 Å². The highest BCUT2D eigenvalue weighted by molar-refractivity contribution is 4.91. The van der Waals surface area contributed by atoms with Crippen LogP contribution in [0.5, 0.6) is 0 Å². The number of nitrogens with zero attached hydrogens (tertiary/aromatic N) is 1. The maximum atomic E-state index is 6.15. The van der Waals surface area contributed by atoms with Gasteiger partial charge in [-0.25, -0.2) is 0 Å². The van der Waals surface area contributed by atoms with Gasteiger partial charge in [0.25, 0.3) is 0 Å². The van der Waals surface area contributed by atoms with Crippen molar-refractivity contribution >= 4 is 0 Å². The highest BCUT2D eigenvalue weighted by atomic mass is 16.5. The number of hydrogen-bond donors (Lipinski definition) is 1. The van der Waals surface area contributed by atoms with Gasteiger partial charge in [-0.05, 0) is 47.5 Å². The molecule has 1 N–H and O–H groups in total. The Kier molecular flexibility index (Phi) is 5.84. The molecule has 114 valence electrons. The fourth-order valence-electron chi connectivity index (χ4n) is 3.20. The first kappa shape index (κ1) is 16.9. The fraction of sp³-hybridized carbons (Fsp3) is 1.00. The van der Waals surface area contributed by atoms with Crippen molar-refractivity contribution in [1.82, 2.24) is 10.2 Å². The van der Waals surface area contributed by atoms with Crippen LogP contribution >= 0.6 is 0 Å². The lowest BCUT2D eigenvalue weighted by Gasteiger charge is -2.49. The van der Waals surface area contributed by atoms with Crippen molar-refractivity contribution in [1.29, 1.82) is 0 Å². The average Bonchev–Trinajstić information content (AvgIpc) is 2.26. The molecule has 0 radical (unpaired) electrons. The molecule has 1 unspecified atom stereocenters. The van der Waals surface area contributed by atoms with Gasteiger partial charge in [0, 0.05) is 31.7 Å². The number of morpholine rings is 1. The summed E-state index contributed by atoms with van der Waals surface area (Å²) in [5.41, 5.74) is -0.101. The molecular formula is C16H34N2O. The molecule has 0 aromatic carbocycles. The first-order valence-corrected chi connectivity index (χ1v) is 7.86. The second-order valence-electron chi connectivity index (χ2n) is 7.30. The Balaban J connectivity index is 2.54. The van der Waals surface area contributed by atoms with Crippen molar-refractivity contribution in [3.63, 3.8) is 0 Å². The summed E-state index contributed by atoms with van der Waals surface area (Å²) in [7, 11) is 0. The molecule has 1 saturated heterocycles. The van der Waals surface area contributed by atoms with Gasteiger partial charge in [-0.15, -0.1) is 0 Å². The van der Waals surface area contributed by atoms with Crippen LogP contribution in [-0.4, -0.2) is 47.8 Å². The molecular weight excluding hydrogens is 236 g/mol. The normalized spacial score (nSPS) is 24.6. The summed E-state index contributed by atoms with van der Waals surface area (Å²) in [5, 5.41) is 3.69. The lowest BCUT2D eigenvalue weighted by atomic mass is 9.97. The molecule has 1 atom stereocenters. The van der Waals surface area contributed by atoms with Crippen molar-refractivity contribution in [3.05, 3.63) is 0 Å². The molecule has 1 rings (SSSR count). The minimum atomic E-state index is -0.0507. The molecule has 0 aromatic rings. The standard InChI is InChI=1S/C16H34N2O/c1-8-14(9-2)17-10-13(3)18-11-15(4,5)19-16(6,7)12-18/h13-14,17H,8-12H2,1-7H3. The molecule has 0 bridgehead atoms. The van der Waals surface area contributed by atoms with Crippen LogP contribution in [0.25, 0.3) is 0 Å². The summed E-state index contributed by atoms with van der Waals surface area (Å²) in [6.07, 6.45) is 2.42. The summed E-state index contributed by atoms with van der Waals surface area (Å²) in [6, 6.07) is 1.22. The van der Waals surface area contributed by atoms with Crippen LogP contribution in [0, 0.1) is 0 Å². The van der Waals surface area contributed by atoms with Crippen LogP contribution in [0.15, 0.2) is 0 Å². The van der Waals surface area contributed by atoms with E-state index in [2.05, 4.69) is 58.7 Å². The van der Waals surface area contributed by atoms with Gasteiger partial charge in [0.05, 0.1) is 11.2 Å². The van der Waals surface area contributed by atoms with Gasteiger partial charge in [0.1, 0.15) is 0 Å². The zero-order valence-electron chi connectivity index (χ0n) is 14.0. The van der Waals surface area contributed by atoms with Gasteiger partial charge in [-0.1, -0.05) is 13.8 Å². The largest absolute Gasteiger partial charge is 0.367 e. The van der Waals surface area contributed by atoms with Crippen LogP contribution in [0.4, 0.5) is 0 Å². The fourth-order valence-corrected chi connectivity index (χ4v) is 3.20. The van der Waals surface area contributed by atoms with Gasteiger partial charge in [-0.3, -0.25) is 4.90 Å². The Hall–Kier alpha value is -0.120. The summed E-state index contributed by atoms with van der Waals surface area (Å²) < 4.78 is 6.15. The van der Waals surface area contributed by atoms with E-state index in [4.69, 9.17) is 4.74 Å². The summed E-state index contributed by atoms with van der Waals surface area (Å²) in [4.78, 5) is 2.57. The van der Waals surface area contributed by atoms with Gasteiger partial charge >= 0.3 is 0 Å². The van der Waals surface area contributed by atoms with E-state index in [0.29, 0.717) is 12.1 Å². The molecule has 0 saturated carbocycles. The van der Waals surface area contributed by atoms with E-state index in [0.717, 1.165) is 19.6 Å². The van der Waals surface area contributed by atoms with Crippen molar-refractivity contribution in [2.75, 3.05) is 19.6 Å². The van der Waals surface area contributed by atoms with E-state index >= 15 is 0 Å². The Morgan fingerprint density at radius 3 is 1.95 bits per heavy atom.